The minimum atomic E-state index is -3.38. The van der Waals surface area contributed by atoms with Crippen molar-refractivity contribution in [3.63, 3.8) is 0 Å². The zero-order valence-electron chi connectivity index (χ0n) is 11.9. The number of hydrogen-bond donors (Lipinski definition) is 2. The van der Waals surface area contributed by atoms with E-state index in [9.17, 15) is 8.42 Å². The van der Waals surface area contributed by atoms with E-state index in [0.29, 0.717) is 29.3 Å². The highest BCUT2D eigenvalue weighted by atomic mass is 32.2. The molecule has 1 aliphatic heterocycles. The second-order valence-corrected chi connectivity index (χ2v) is 9.37. The van der Waals surface area contributed by atoms with E-state index in [4.69, 9.17) is 0 Å². The lowest BCUT2D eigenvalue weighted by molar-refractivity contribution is 0.570. The second kappa shape index (κ2) is 7.26. The second-order valence-electron chi connectivity index (χ2n) is 5.23. The van der Waals surface area contributed by atoms with Crippen LogP contribution in [0.1, 0.15) is 31.6 Å². The van der Waals surface area contributed by atoms with Gasteiger partial charge in [-0.05, 0) is 30.0 Å². The summed E-state index contributed by atoms with van der Waals surface area (Å²) >= 11 is 3.35. The molecule has 114 valence electrons. The van der Waals surface area contributed by atoms with Gasteiger partial charge in [0.1, 0.15) is 0 Å². The molecule has 4 nitrogen and oxygen atoms in total. The quantitative estimate of drug-likeness (QED) is 0.804. The number of hydrogen-bond acceptors (Lipinski definition) is 5. The lowest BCUT2D eigenvalue weighted by Gasteiger charge is -2.12. The molecule has 1 unspecified atom stereocenters. The van der Waals surface area contributed by atoms with E-state index in [1.807, 2.05) is 17.1 Å². The molecule has 2 heterocycles. The Kier molecular flexibility index (Phi) is 5.92. The first kappa shape index (κ1) is 16.3. The first-order chi connectivity index (χ1) is 9.49. The first-order valence-corrected chi connectivity index (χ1v) is 10.3. The van der Waals surface area contributed by atoms with E-state index in [1.165, 1.54) is 17.8 Å². The zero-order valence-corrected chi connectivity index (χ0v) is 14.3. The smallest absolute Gasteiger partial charge is 0.241 e. The Morgan fingerprint density at radius 3 is 2.90 bits per heavy atom. The van der Waals surface area contributed by atoms with Gasteiger partial charge in [0.05, 0.1) is 4.90 Å². The summed E-state index contributed by atoms with van der Waals surface area (Å²) in [5.74, 6) is 1.15. The van der Waals surface area contributed by atoms with Crippen LogP contribution < -0.4 is 10.0 Å². The third-order valence-electron chi connectivity index (χ3n) is 3.19. The lowest BCUT2D eigenvalue weighted by Crippen LogP contribution is -2.30. The van der Waals surface area contributed by atoms with Crippen LogP contribution in [-0.2, 0) is 16.6 Å². The molecular formula is C13H22N2O2S3. The number of thioether (sulfide) groups is 1. The highest BCUT2D eigenvalue weighted by Crippen LogP contribution is 2.26. The van der Waals surface area contributed by atoms with Gasteiger partial charge in [-0.3, -0.25) is 0 Å². The minimum absolute atomic E-state index is 0.343. The van der Waals surface area contributed by atoms with Gasteiger partial charge in [-0.1, -0.05) is 13.8 Å². The van der Waals surface area contributed by atoms with E-state index in [1.54, 1.807) is 6.07 Å². The van der Waals surface area contributed by atoms with E-state index in [2.05, 4.69) is 23.9 Å². The van der Waals surface area contributed by atoms with Crippen LogP contribution in [0.3, 0.4) is 0 Å². The standard InChI is InChI=1S/C13H22N2O2S3/c1-10(2)14-9-12-13(5-7-19-12)20(16,17)15-8-11-4-3-6-18-11/h5,7,10-11,14-15H,3-4,6,8-9H2,1-2H3. The predicted octanol–water partition coefficient (Wildman–Crippen LogP) is 2.42. The van der Waals surface area contributed by atoms with Crippen LogP contribution in [-0.4, -0.2) is 32.0 Å². The summed E-state index contributed by atoms with van der Waals surface area (Å²) in [5, 5.41) is 5.55. The molecule has 1 atom stereocenters. The Labute approximate surface area is 129 Å². The summed E-state index contributed by atoms with van der Waals surface area (Å²) in [6, 6.07) is 2.04. The molecule has 0 radical (unpaired) electrons. The van der Waals surface area contributed by atoms with Crippen molar-refractivity contribution < 1.29 is 8.42 Å². The minimum Gasteiger partial charge on any atom is -0.310 e. The van der Waals surface area contributed by atoms with Gasteiger partial charge in [0.2, 0.25) is 10.0 Å². The molecule has 0 spiro atoms. The van der Waals surface area contributed by atoms with Crippen LogP contribution in [0.15, 0.2) is 16.3 Å². The third-order valence-corrected chi connectivity index (χ3v) is 7.15. The van der Waals surface area contributed by atoms with Crippen molar-refractivity contribution in [2.24, 2.45) is 0 Å². The van der Waals surface area contributed by atoms with Crippen molar-refractivity contribution in [2.75, 3.05) is 12.3 Å². The molecule has 0 amide bonds. The normalized spacial score (nSPS) is 19.9. The van der Waals surface area contributed by atoms with Gasteiger partial charge < -0.3 is 5.32 Å². The fraction of sp³-hybridized carbons (Fsp3) is 0.692. The number of rotatable bonds is 7. The maximum atomic E-state index is 12.4. The molecular weight excluding hydrogens is 312 g/mol. The van der Waals surface area contributed by atoms with Gasteiger partial charge in [0, 0.05) is 29.3 Å². The molecule has 2 rings (SSSR count). The molecule has 1 aromatic heterocycles. The molecule has 0 saturated carbocycles. The molecule has 1 aromatic rings. The number of nitrogens with one attached hydrogen (secondary N) is 2. The van der Waals surface area contributed by atoms with Crippen LogP contribution in [0.2, 0.25) is 0 Å². The summed E-state index contributed by atoms with van der Waals surface area (Å²) in [6.45, 7) is 5.25. The molecule has 0 aliphatic carbocycles. The SMILES string of the molecule is CC(C)NCc1sccc1S(=O)(=O)NCC1CCCS1. The third kappa shape index (κ3) is 4.46. The molecule has 20 heavy (non-hydrogen) atoms. The molecule has 1 saturated heterocycles. The average molecular weight is 335 g/mol. The molecule has 7 heteroatoms. The Bertz CT molecular complexity index is 519. The van der Waals surface area contributed by atoms with E-state index in [-0.39, 0.29) is 0 Å². The van der Waals surface area contributed by atoms with Gasteiger partial charge in [-0.2, -0.15) is 11.8 Å². The van der Waals surface area contributed by atoms with Crippen LogP contribution in [0, 0.1) is 0 Å². The highest BCUT2D eigenvalue weighted by molar-refractivity contribution is 8.00. The summed E-state index contributed by atoms with van der Waals surface area (Å²) in [6.07, 6.45) is 2.30. The Hall–Kier alpha value is -0.0800. The number of sulfonamides is 1. The topological polar surface area (TPSA) is 58.2 Å². The molecule has 1 aliphatic rings. The predicted molar refractivity (Wildman–Crippen MR) is 87.0 cm³/mol. The monoisotopic (exact) mass is 334 g/mol. The van der Waals surface area contributed by atoms with Crippen molar-refractivity contribution in [2.45, 2.75) is 49.4 Å². The van der Waals surface area contributed by atoms with Gasteiger partial charge >= 0.3 is 0 Å². The summed E-state index contributed by atoms with van der Waals surface area (Å²) < 4.78 is 27.5. The van der Waals surface area contributed by atoms with Gasteiger partial charge in [-0.15, -0.1) is 11.3 Å². The van der Waals surface area contributed by atoms with Crippen molar-refractivity contribution in [3.8, 4) is 0 Å². The summed E-state index contributed by atoms with van der Waals surface area (Å²) in [7, 11) is -3.38. The maximum Gasteiger partial charge on any atom is 0.241 e. The lowest BCUT2D eigenvalue weighted by atomic mass is 10.2. The van der Waals surface area contributed by atoms with Gasteiger partial charge in [-0.25, -0.2) is 13.1 Å². The van der Waals surface area contributed by atoms with Crippen molar-refractivity contribution in [3.05, 3.63) is 16.3 Å². The Morgan fingerprint density at radius 2 is 2.25 bits per heavy atom. The fourth-order valence-electron chi connectivity index (χ4n) is 2.08. The largest absolute Gasteiger partial charge is 0.310 e. The van der Waals surface area contributed by atoms with Crippen LogP contribution in [0.4, 0.5) is 0 Å². The maximum absolute atomic E-state index is 12.4. The van der Waals surface area contributed by atoms with Crippen LogP contribution in [0.5, 0.6) is 0 Å². The highest BCUT2D eigenvalue weighted by Gasteiger charge is 2.22. The summed E-state index contributed by atoms with van der Waals surface area (Å²) in [4.78, 5) is 1.31. The zero-order chi connectivity index (χ0) is 14.6. The van der Waals surface area contributed by atoms with E-state index >= 15 is 0 Å². The molecule has 0 bridgehead atoms. The van der Waals surface area contributed by atoms with Gasteiger partial charge in [0.25, 0.3) is 0 Å². The Balaban J connectivity index is 1.99. The number of thiophene rings is 1. The van der Waals surface area contributed by atoms with Gasteiger partial charge in [0.15, 0.2) is 0 Å². The first-order valence-electron chi connectivity index (χ1n) is 6.90. The van der Waals surface area contributed by atoms with Crippen LogP contribution in [0.25, 0.3) is 0 Å². The fourth-order valence-corrected chi connectivity index (χ4v) is 5.86. The van der Waals surface area contributed by atoms with Crippen LogP contribution >= 0.6 is 23.1 Å². The van der Waals surface area contributed by atoms with E-state index < -0.39 is 10.0 Å². The Morgan fingerprint density at radius 1 is 1.45 bits per heavy atom. The molecule has 2 N–H and O–H groups in total. The molecule has 0 aromatic carbocycles. The van der Waals surface area contributed by atoms with Crippen molar-refractivity contribution >= 4 is 33.1 Å². The van der Waals surface area contributed by atoms with Crippen molar-refractivity contribution in [1.82, 2.24) is 10.0 Å². The average Bonchev–Trinajstić information content (AvgIpc) is 3.05. The molecule has 1 fully saturated rings. The van der Waals surface area contributed by atoms with Crippen molar-refractivity contribution in [1.29, 1.82) is 0 Å². The summed E-state index contributed by atoms with van der Waals surface area (Å²) in [5.41, 5.74) is 0. The van der Waals surface area contributed by atoms with E-state index in [0.717, 1.165) is 17.1 Å².